The lowest BCUT2D eigenvalue weighted by molar-refractivity contribution is 0.0819. The second-order valence-electron chi connectivity index (χ2n) is 7.74. The van der Waals surface area contributed by atoms with Crippen molar-refractivity contribution in [2.45, 2.75) is 38.9 Å². The fourth-order valence-electron chi connectivity index (χ4n) is 4.21. The molecule has 2 atom stereocenters. The molecule has 1 amide bonds. The molecule has 8 nitrogen and oxygen atoms in total. The number of carbonyl (C=O) groups excluding carboxylic acids is 1. The molecule has 2 aromatic carbocycles. The summed E-state index contributed by atoms with van der Waals surface area (Å²) in [7, 11) is -0.550. The molecule has 0 aliphatic carbocycles. The summed E-state index contributed by atoms with van der Waals surface area (Å²) < 4.78 is 43.0. The molecule has 0 N–H and O–H groups in total. The van der Waals surface area contributed by atoms with E-state index >= 15 is 0 Å². The highest BCUT2D eigenvalue weighted by Gasteiger charge is 2.40. The van der Waals surface area contributed by atoms with E-state index in [9.17, 15) is 13.2 Å². The lowest BCUT2D eigenvalue weighted by Gasteiger charge is -2.43. The van der Waals surface area contributed by atoms with Crippen LogP contribution in [0.4, 0.5) is 10.5 Å². The number of hydrogen-bond acceptors (Lipinski definition) is 6. The van der Waals surface area contributed by atoms with Gasteiger partial charge in [0.15, 0.2) is 11.5 Å². The van der Waals surface area contributed by atoms with Crippen LogP contribution < -0.4 is 13.8 Å². The van der Waals surface area contributed by atoms with Crippen LogP contribution in [-0.2, 0) is 21.3 Å². The van der Waals surface area contributed by atoms with Gasteiger partial charge in [0.1, 0.15) is 0 Å². The first-order chi connectivity index (χ1) is 15.2. The van der Waals surface area contributed by atoms with Crippen molar-refractivity contribution in [1.29, 1.82) is 0 Å². The topological polar surface area (TPSA) is 85.4 Å². The van der Waals surface area contributed by atoms with E-state index in [1.165, 1.54) is 24.8 Å². The van der Waals surface area contributed by atoms with Crippen LogP contribution >= 0.6 is 0 Å². The molecule has 0 aromatic heterocycles. The van der Waals surface area contributed by atoms with Crippen LogP contribution in [0.15, 0.2) is 42.5 Å². The first kappa shape index (κ1) is 23.7. The second kappa shape index (κ2) is 9.68. The lowest BCUT2D eigenvalue weighted by atomic mass is 9.91. The van der Waals surface area contributed by atoms with Gasteiger partial charge in [0.2, 0.25) is 10.0 Å². The summed E-state index contributed by atoms with van der Waals surface area (Å²) in [6.45, 7) is 4.15. The van der Waals surface area contributed by atoms with Gasteiger partial charge in [-0.1, -0.05) is 30.3 Å². The average Bonchev–Trinajstić information content (AvgIpc) is 2.75. The molecule has 0 saturated carbocycles. The number of rotatable bonds is 7. The number of methoxy groups -OCH3 is 2. The van der Waals surface area contributed by atoms with Crippen LogP contribution in [0, 0.1) is 0 Å². The van der Waals surface area contributed by atoms with Crippen LogP contribution in [0.1, 0.15) is 37.4 Å². The molecule has 9 heteroatoms. The maximum atomic E-state index is 13.0. The van der Waals surface area contributed by atoms with E-state index in [1.54, 1.807) is 24.0 Å². The first-order valence-electron chi connectivity index (χ1n) is 10.4. The molecule has 32 heavy (non-hydrogen) atoms. The number of fused-ring (bicyclic) bond motifs is 1. The van der Waals surface area contributed by atoms with Crippen LogP contribution in [-0.4, -0.2) is 52.5 Å². The highest BCUT2D eigenvalue weighted by atomic mass is 32.2. The maximum Gasteiger partial charge on any atom is 0.410 e. The van der Waals surface area contributed by atoms with Gasteiger partial charge in [-0.3, -0.25) is 9.21 Å². The lowest BCUT2D eigenvalue weighted by Crippen LogP contribution is -2.47. The summed E-state index contributed by atoms with van der Waals surface area (Å²) in [5.41, 5.74) is 2.08. The number of nitrogens with zero attached hydrogens (tertiary/aromatic N) is 2. The van der Waals surface area contributed by atoms with Crippen LogP contribution in [0.5, 0.6) is 11.5 Å². The summed E-state index contributed by atoms with van der Waals surface area (Å²) in [4.78, 5) is 14.7. The SMILES string of the molecule is CCOC(=O)N(Cc1ccccc1)[C@@H]1C[C@H](C)N(S(C)(=O)=O)c2cc(OC)c(OC)cc21. The Labute approximate surface area is 189 Å². The molecule has 0 bridgehead atoms. The Balaban J connectivity index is 2.18. The van der Waals surface area contributed by atoms with Crippen LogP contribution in [0.3, 0.4) is 0 Å². The fourth-order valence-corrected chi connectivity index (χ4v) is 5.47. The van der Waals surface area contributed by atoms with Gasteiger partial charge < -0.3 is 14.2 Å². The van der Waals surface area contributed by atoms with E-state index in [-0.39, 0.29) is 12.6 Å². The van der Waals surface area contributed by atoms with E-state index in [2.05, 4.69) is 0 Å². The van der Waals surface area contributed by atoms with Crippen molar-refractivity contribution in [2.24, 2.45) is 0 Å². The smallest absolute Gasteiger partial charge is 0.410 e. The fraction of sp³-hybridized carbons (Fsp3) is 0.435. The van der Waals surface area contributed by atoms with Gasteiger partial charge in [0.05, 0.1) is 38.8 Å². The predicted octanol–water partition coefficient (Wildman–Crippen LogP) is 3.96. The van der Waals surface area contributed by atoms with Crippen LogP contribution in [0.2, 0.25) is 0 Å². The van der Waals surface area contributed by atoms with Crippen LogP contribution in [0.25, 0.3) is 0 Å². The summed E-state index contributed by atoms with van der Waals surface area (Å²) >= 11 is 0. The van der Waals surface area contributed by atoms with Crippen molar-refractivity contribution < 1.29 is 27.4 Å². The molecule has 2 aromatic rings. The zero-order valence-corrected chi connectivity index (χ0v) is 19.9. The quantitative estimate of drug-likeness (QED) is 0.619. The molecule has 0 unspecified atom stereocenters. The van der Waals surface area contributed by atoms with E-state index in [4.69, 9.17) is 14.2 Å². The van der Waals surface area contributed by atoms with Gasteiger partial charge in [0.25, 0.3) is 0 Å². The van der Waals surface area contributed by atoms with Crippen molar-refractivity contribution in [1.82, 2.24) is 4.90 Å². The second-order valence-corrected chi connectivity index (χ2v) is 9.60. The molecular formula is C23H30N2O6S. The Bertz CT molecular complexity index is 1060. The first-order valence-corrected chi connectivity index (χ1v) is 12.3. The Hall–Kier alpha value is -2.94. The third-order valence-electron chi connectivity index (χ3n) is 5.53. The zero-order chi connectivity index (χ0) is 23.5. The number of ether oxygens (including phenoxy) is 3. The van der Waals surface area contributed by atoms with Crippen molar-refractivity contribution in [3.8, 4) is 11.5 Å². The van der Waals surface area contributed by atoms with E-state index < -0.39 is 22.2 Å². The average molecular weight is 463 g/mol. The van der Waals surface area contributed by atoms with Gasteiger partial charge in [0, 0.05) is 24.2 Å². The van der Waals surface area contributed by atoms with E-state index in [0.717, 1.165) is 5.56 Å². The van der Waals surface area contributed by atoms with E-state index in [1.807, 2.05) is 37.3 Å². The third-order valence-corrected chi connectivity index (χ3v) is 6.80. The molecule has 0 radical (unpaired) electrons. The number of carbonyl (C=O) groups is 1. The number of anilines is 1. The zero-order valence-electron chi connectivity index (χ0n) is 19.1. The van der Waals surface area contributed by atoms with Gasteiger partial charge in [-0.15, -0.1) is 0 Å². The summed E-state index contributed by atoms with van der Waals surface area (Å²) in [5.74, 6) is 0.876. The van der Waals surface area contributed by atoms with Crippen molar-refractivity contribution in [3.63, 3.8) is 0 Å². The van der Waals surface area contributed by atoms with Gasteiger partial charge in [-0.25, -0.2) is 13.2 Å². The minimum atomic E-state index is -3.57. The van der Waals surface area contributed by atoms with Crippen molar-refractivity contribution >= 4 is 21.8 Å². The molecule has 174 valence electrons. The minimum absolute atomic E-state index is 0.237. The molecule has 1 heterocycles. The summed E-state index contributed by atoms with van der Waals surface area (Å²) in [5, 5.41) is 0. The third kappa shape index (κ3) is 4.77. The highest BCUT2D eigenvalue weighted by molar-refractivity contribution is 7.92. The highest BCUT2D eigenvalue weighted by Crippen LogP contribution is 2.47. The molecule has 1 aliphatic rings. The molecule has 0 spiro atoms. The van der Waals surface area contributed by atoms with E-state index in [0.29, 0.717) is 35.7 Å². The number of hydrogen-bond donors (Lipinski definition) is 0. The Morgan fingerprint density at radius 1 is 1.12 bits per heavy atom. The van der Waals surface area contributed by atoms with Gasteiger partial charge in [-0.2, -0.15) is 0 Å². The Kier molecular flexibility index (Phi) is 7.18. The van der Waals surface area contributed by atoms with Crippen molar-refractivity contribution in [2.75, 3.05) is 31.4 Å². The Morgan fingerprint density at radius 3 is 2.31 bits per heavy atom. The number of benzene rings is 2. The molecule has 3 rings (SSSR count). The summed E-state index contributed by atoms with van der Waals surface area (Å²) in [6, 6.07) is 12.2. The minimum Gasteiger partial charge on any atom is -0.493 e. The number of sulfonamides is 1. The predicted molar refractivity (Wildman–Crippen MR) is 123 cm³/mol. The Morgan fingerprint density at radius 2 is 1.75 bits per heavy atom. The molecule has 0 saturated heterocycles. The standard InChI is InChI=1S/C23H30N2O6S/c1-6-31-23(26)24(15-17-10-8-7-9-11-17)19-12-16(2)25(32(5,27)28)20-14-22(30-4)21(29-3)13-18(19)20/h7-11,13-14,16,19H,6,12,15H2,1-5H3/t16-,19+/m0/s1. The van der Waals surface area contributed by atoms with Gasteiger partial charge in [-0.05, 0) is 31.9 Å². The maximum absolute atomic E-state index is 13.0. The molecule has 1 aliphatic heterocycles. The normalized spacial score (nSPS) is 18.0. The number of amides is 1. The van der Waals surface area contributed by atoms with Crippen molar-refractivity contribution in [3.05, 3.63) is 53.6 Å². The monoisotopic (exact) mass is 462 g/mol. The largest absolute Gasteiger partial charge is 0.493 e. The molecule has 0 fully saturated rings. The molecular weight excluding hydrogens is 432 g/mol. The summed E-state index contributed by atoms with van der Waals surface area (Å²) in [6.07, 6.45) is 1.13. The van der Waals surface area contributed by atoms with Gasteiger partial charge >= 0.3 is 6.09 Å².